The van der Waals surface area contributed by atoms with Gasteiger partial charge in [0.2, 0.25) is 77.6 Å². The van der Waals surface area contributed by atoms with Gasteiger partial charge < -0.3 is 138 Å². The second-order valence-electron chi connectivity index (χ2n) is 21.4. The summed E-state index contributed by atoms with van der Waals surface area (Å²) in [7, 11) is 0. The smallest absolute Gasteiger partial charge is 0.225 e. The second-order valence-corrected chi connectivity index (χ2v) is 21.4. The van der Waals surface area contributed by atoms with Crippen LogP contribution in [0.25, 0.3) is 0 Å². The Morgan fingerprint density at radius 1 is 0.244 bits per heavy atom. The molecule has 0 radical (unpaired) electrons. The first-order valence-corrected chi connectivity index (χ1v) is 28.7. The molecule has 0 aromatic rings. The molecule has 90 heavy (non-hydrogen) atoms. The van der Waals surface area contributed by atoms with Gasteiger partial charge in [-0.2, -0.15) is 0 Å². The largest absolute Gasteiger partial charge is 0.369 e. The van der Waals surface area contributed by atoms with Crippen LogP contribution in [0.2, 0.25) is 0 Å². The topological polar surface area (TPSA) is 707 Å². The van der Waals surface area contributed by atoms with Gasteiger partial charge >= 0.3 is 0 Å². The Labute approximate surface area is 521 Å². The molecule has 0 fully saturated rings. The quantitative estimate of drug-likeness (QED) is 0.0255. The summed E-state index contributed by atoms with van der Waals surface area (Å²) in [6.45, 7) is 16.6. The van der Waals surface area contributed by atoms with Crippen LogP contribution in [0.4, 0.5) is 0 Å². The monoisotopic (exact) mass is 1310 g/mol. The van der Waals surface area contributed by atoms with Gasteiger partial charge in [-0.25, -0.2) is 0 Å². The second kappa shape index (κ2) is 49.3. The predicted molar refractivity (Wildman–Crippen MR) is 313 cm³/mol. The maximum Gasteiger partial charge on any atom is 0.225 e. The first-order chi connectivity index (χ1) is 41.3. The Bertz CT molecular complexity index is 2090. The van der Waals surface area contributed by atoms with Crippen molar-refractivity contribution in [2.75, 3.05) is 0 Å². The van der Waals surface area contributed by atoms with Crippen LogP contribution in [0.5, 0.6) is 0 Å². The molecule has 528 valence electrons. The number of carbonyl (C=O) groups excluding carboxylic acids is 11. The van der Waals surface area contributed by atoms with E-state index in [2.05, 4.69) is 10.6 Å². The number of hydrogen-bond acceptors (Lipinski definition) is 26. The Morgan fingerprint density at radius 2 is 0.433 bits per heavy atom. The molecule has 0 saturated heterocycles. The zero-order valence-electron chi connectivity index (χ0n) is 52.6. The van der Waals surface area contributed by atoms with E-state index in [0.717, 1.165) is 0 Å². The van der Waals surface area contributed by atoms with Crippen molar-refractivity contribution >= 4 is 65.0 Å². The molecule has 32 N–H and O–H groups in total. The molecule has 0 spiro atoms. The predicted octanol–water partition coefficient (Wildman–Crippen LogP) is -9.16. The van der Waals surface area contributed by atoms with Gasteiger partial charge in [0.25, 0.3) is 0 Å². The number of amides is 11. The molecule has 0 bridgehead atoms. The summed E-state index contributed by atoms with van der Waals surface area (Å²) in [4.78, 5) is 127. The van der Waals surface area contributed by atoms with E-state index in [9.17, 15) is 68.1 Å². The van der Waals surface area contributed by atoms with Crippen molar-refractivity contribution in [2.24, 2.45) is 99.5 Å². The summed E-state index contributed by atoms with van der Waals surface area (Å²) in [5.41, 5.74) is 31.2. The maximum atomic E-state index is 12.7. The highest BCUT2D eigenvalue weighted by Crippen LogP contribution is 2.24. The minimum Gasteiger partial charge on any atom is -0.369 e. The third kappa shape index (κ3) is 42.5. The van der Waals surface area contributed by atoms with E-state index in [1.165, 1.54) is 13.8 Å². The SMILES string of the molecule is CCC(CC(C)C(=O)NC(O)C(O)NC(=O)C(CC)CC(CC(C)C(=O)NC(O)C(O)O)C(N)=O)C(N)=O.CCC(CC(C)C(=O)NC(O)C(O)O)C(N)=O.CCC(CC(C)C(=O)NC(O)C(O)O)C(N)=O.CCC(CC(C)C(N)=O)C(N)=O.OC(O)C(O)O. The highest BCUT2D eigenvalue weighted by Gasteiger charge is 2.33. The standard InChI is InChI=1S/C23H43N5O10.2C10H20N2O5.C8H16N2O2.C2H6O4/c1-5-12(15(24)29)7-10(3)17(31)26-20(34)21(35)28-19(33)13(6-2)9-14(16(25)30)8-11(4)18(32)27-22(36)23(37)38;2*1-3-6(7(11)13)4-5(2)8(14)12-9(15)10(16)17;1-3-6(8(10)12)4-5(2)7(9)11;3-1(4)2(5)6/h10-14,20-23,34-38H,5-9H2,1-4H3,(H2,24,29)(H2,25,30)(H,26,31)(H,27,32)(H,28,33);2*5-6,9-10,15-17H,3-4H2,1-2H3,(H2,11,13)(H,12,14);5-6H,3-4H2,1-2H3,(H2,9,11)(H2,10,12);1-6H. The van der Waals surface area contributed by atoms with E-state index in [-0.39, 0.29) is 62.2 Å². The number of nitrogens with two attached hydrogens (primary N) is 6. The van der Waals surface area contributed by atoms with Crippen molar-refractivity contribution in [2.45, 2.75) is 202 Å². The molecule has 0 rings (SSSR count). The number of nitrogens with one attached hydrogen (secondary N) is 5. The molecular formula is C53H105N11O26. The van der Waals surface area contributed by atoms with Crippen LogP contribution in [0, 0.1) is 65.1 Å². The van der Waals surface area contributed by atoms with Crippen LogP contribution in [0.1, 0.15) is 140 Å². The summed E-state index contributed by atoms with van der Waals surface area (Å²) in [5, 5.41) is 141. The van der Waals surface area contributed by atoms with Crippen molar-refractivity contribution < 1.29 is 129 Å². The third-order valence-corrected chi connectivity index (χ3v) is 13.7. The summed E-state index contributed by atoms with van der Waals surface area (Å²) in [5.74, 6) is -12.8. The van der Waals surface area contributed by atoms with Crippen molar-refractivity contribution in [3.63, 3.8) is 0 Å². The molecule has 0 heterocycles. The van der Waals surface area contributed by atoms with Gasteiger partial charge in [-0.05, 0) is 70.6 Å². The third-order valence-electron chi connectivity index (χ3n) is 13.7. The van der Waals surface area contributed by atoms with Gasteiger partial charge in [0, 0.05) is 65.1 Å². The molecule has 16 unspecified atom stereocenters. The van der Waals surface area contributed by atoms with Crippen molar-refractivity contribution in [1.29, 1.82) is 0 Å². The molecule has 0 aliphatic rings. The summed E-state index contributed by atoms with van der Waals surface area (Å²) < 4.78 is 0. The van der Waals surface area contributed by atoms with Crippen LogP contribution in [-0.4, -0.2) is 204 Å². The van der Waals surface area contributed by atoms with Crippen molar-refractivity contribution in [3.8, 4) is 0 Å². The van der Waals surface area contributed by atoms with Crippen LogP contribution < -0.4 is 61.0 Å². The molecule has 37 nitrogen and oxygen atoms in total. The van der Waals surface area contributed by atoms with Crippen molar-refractivity contribution in [1.82, 2.24) is 26.6 Å². The average molecular weight is 1310 g/mol. The van der Waals surface area contributed by atoms with Crippen LogP contribution in [0.3, 0.4) is 0 Å². The zero-order valence-corrected chi connectivity index (χ0v) is 52.6. The van der Waals surface area contributed by atoms with Gasteiger partial charge in [0.05, 0.1) is 0 Å². The van der Waals surface area contributed by atoms with Gasteiger partial charge in [-0.1, -0.05) is 69.2 Å². The number of aliphatic hydroxyl groups excluding tert-OH is 10. The molecule has 0 aliphatic carbocycles. The number of carbonyl (C=O) groups is 11. The summed E-state index contributed by atoms with van der Waals surface area (Å²) in [6.07, 6.45) is -16.3. The van der Waals surface area contributed by atoms with E-state index in [1.54, 1.807) is 48.5 Å². The fourth-order valence-electron chi connectivity index (χ4n) is 7.54. The molecule has 11 amide bonds. The van der Waals surface area contributed by atoms with Gasteiger partial charge in [0.1, 0.15) is 0 Å². The summed E-state index contributed by atoms with van der Waals surface area (Å²) >= 11 is 0. The van der Waals surface area contributed by atoms with Crippen LogP contribution >= 0.6 is 0 Å². The lowest BCUT2D eigenvalue weighted by atomic mass is 9.85. The number of hydrogen-bond donors (Lipinski definition) is 26. The highest BCUT2D eigenvalue weighted by atomic mass is 16.6. The lowest BCUT2D eigenvalue weighted by Crippen LogP contribution is -2.54. The van der Waals surface area contributed by atoms with Gasteiger partial charge in [0.15, 0.2) is 50.0 Å². The van der Waals surface area contributed by atoms with E-state index >= 15 is 0 Å². The molecule has 37 heteroatoms. The molecule has 0 aromatic heterocycles. The lowest BCUT2D eigenvalue weighted by molar-refractivity contribution is -0.207. The number of primary amides is 6. The molecule has 0 aromatic carbocycles. The fraction of sp³-hybridized carbons (Fsp3) is 0.792. The van der Waals surface area contributed by atoms with E-state index in [4.69, 9.17) is 95.7 Å². The van der Waals surface area contributed by atoms with Crippen LogP contribution in [0.15, 0.2) is 0 Å². The first-order valence-electron chi connectivity index (χ1n) is 28.7. The zero-order chi connectivity index (χ0) is 71.8. The summed E-state index contributed by atoms with van der Waals surface area (Å²) in [6, 6.07) is 0. The Morgan fingerprint density at radius 3 is 0.611 bits per heavy atom. The Kier molecular flexibility index (Phi) is 50.6. The lowest BCUT2D eigenvalue weighted by Gasteiger charge is -2.26. The Hall–Kier alpha value is -6.43. The van der Waals surface area contributed by atoms with Crippen molar-refractivity contribution in [3.05, 3.63) is 0 Å². The van der Waals surface area contributed by atoms with E-state index in [1.807, 2.05) is 22.9 Å². The van der Waals surface area contributed by atoms with Gasteiger partial charge in [-0.15, -0.1) is 0 Å². The minimum absolute atomic E-state index is 0.113. The molecule has 16 atom stereocenters. The minimum atomic E-state index is -2.20. The highest BCUT2D eigenvalue weighted by molar-refractivity contribution is 5.85. The molecule has 0 saturated carbocycles. The fourth-order valence-corrected chi connectivity index (χ4v) is 7.54. The normalized spacial score (nSPS) is 16.4. The average Bonchev–Trinajstić information content (AvgIpc) is 1.63. The van der Waals surface area contributed by atoms with Gasteiger partial charge in [-0.3, -0.25) is 52.7 Å². The molecular weight excluding hydrogens is 1210 g/mol. The maximum absolute atomic E-state index is 12.7. The Balaban J connectivity index is -0.000000383. The molecule has 0 aliphatic heterocycles. The van der Waals surface area contributed by atoms with Crippen LogP contribution in [-0.2, 0) is 52.7 Å². The number of aliphatic hydroxyl groups is 15. The number of rotatable bonds is 38. The van der Waals surface area contributed by atoms with E-state index < -0.39 is 169 Å². The first kappa shape index (κ1) is 92.3. The van der Waals surface area contributed by atoms with E-state index in [0.29, 0.717) is 32.1 Å².